The van der Waals surface area contributed by atoms with Crippen LogP contribution in [0.1, 0.15) is 17.9 Å². The summed E-state index contributed by atoms with van der Waals surface area (Å²) < 4.78 is 5.66. The Morgan fingerprint density at radius 1 is 1.38 bits per heavy atom. The minimum Gasteiger partial charge on any atom is -0.493 e. The van der Waals surface area contributed by atoms with Crippen molar-refractivity contribution in [3.63, 3.8) is 0 Å². The van der Waals surface area contributed by atoms with Gasteiger partial charge in [-0.2, -0.15) is 0 Å². The van der Waals surface area contributed by atoms with Crippen LogP contribution in [-0.4, -0.2) is 42.4 Å². The zero-order valence-electron chi connectivity index (χ0n) is 9.30. The second kappa shape index (κ2) is 4.07. The molecule has 0 radical (unpaired) electrons. The molecule has 2 atom stereocenters. The SMILES string of the molecule is OC1CCN(CC2COc3ccccc32)C1. The highest BCUT2D eigenvalue weighted by Gasteiger charge is 2.28. The molecule has 0 amide bonds. The van der Waals surface area contributed by atoms with Gasteiger partial charge < -0.3 is 9.84 Å². The van der Waals surface area contributed by atoms with E-state index in [1.807, 2.05) is 12.1 Å². The van der Waals surface area contributed by atoms with Gasteiger partial charge in [0.25, 0.3) is 0 Å². The Bertz CT molecular complexity index is 380. The van der Waals surface area contributed by atoms with Crippen molar-refractivity contribution >= 4 is 0 Å². The summed E-state index contributed by atoms with van der Waals surface area (Å²) in [4.78, 5) is 2.33. The van der Waals surface area contributed by atoms with E-state index in [9.17, 15) is 5.11 Å². The number of likely N-dealkylation sites (tertiary alicyclic amines) is 1. The quantitative estimate of drug-likeness (QED) is 0.812. The number of rotatable bonds is 2. The van der Waals surface area contributed by atoms with Crippen molar-refractivity contribution in [1.29, 1.82) is 0 Å². The van der Waals surface area contributed by atoms with Crippen molar-refractivity contribution in [2.75, 3.05) is 26.2 Å². The van der Waals surface area contributed by atoms with E-state index in [4.69, 9.17) is 4.74 Å². The van der Waals surface area contributed by atoms with Crippen molar-refractivity contribution in [1.82, 2.24) is 4.90 Å². The monoisotopic (exact) mass is 219 g/mol. The average Bonchev–Trinajstić information content (AvgIpc) is 2.87. The molecule has 86 valence electrons. The molecule has 2 aliphatic rings. The number of benzene rings is 1. The summed E-state index contributed by atoms with van der Waals surface area (Å²) in [5.41, 5.74) is 1.32. The molecule has 3 rings (SSSR count). The van der Waals surface area contributed by atoms with Crippen LogP contribution < -0.4 is 4.74 Å². The molecule has 0 saturated carbocycles. The number of para-hydroxylation sites is 1. The Morgan fingerprint density at radius 3 is 3.06 bits per heavy atom. The average molecular weight is 219 g/mol. The lowest BCUT2D eigenvalue weighted by Crippen LogP contribution is -2.28. The number of aliphatic hydroxyl groups is 1. The molecular formula is C13H17NO2. The molecule has 1 fully saturated rings. The van der Waals surface area contributed by atoms with Gasteiger partial charge >= 0.3 is 0 Å². The molecule has 16 heavy (non-hydrogen) atoms. The molecule has 3 nitrogen and oxygen atoms in total. The fourth-order valence-electron chi connectivity index (χ4n) is 2.67. The van der Waals surface area contributed by atoms with Crippen LogP contribution in [0.5, 0.6) is 5.75 Å². The van der Waals surface area contributed by atoms with Crippen LogP contribution in [0, 0.1) is 0 Å². The standard InChI is InChI=1S/C13H17NO2/c15-11-5-6-14(8-11)7-10-9-16-13-4-2-1-3-12(10)13/h1-4,10-11,15H,5-9H2. The molecule has 1 N–H and O–H groups in total. The number of fused-ring (bicyclic) bond motifs is 1. The van der Waals surface area contributed by atoms with Gasteiger partial charge in [0.2, 0.25) is 0 Å². The van der Waals surface area contributed by atoms with Gasteiger partial charge in [-0.15, -0.1) is 0 Å². The molecular weight excluding hydrogens is 202 g/mol. The van der Waals surface area contributed by atoms with Gasteiger partial charge in [-0.3, -0.25) is 4.90 Å². The molecule has 1 saturated heterocycles. The van der Waals surface area contributed by atoms with Crippen LogP contribution >= 0.6 is 0 Å². The van der Waals surface area contributed by atoms with E-state index in [0.717, 1.165) is 38.4 Å². The molecule has 2 heterocycles. The molecule has 2 aliphatic heterocycles. The predicted octanol–water partition coefficient (Wildman–Crippen LogP) is 1.23. The molecule has 0 aromatic heterocycles. The Balaban J connectivity index is 1.69. The highest BCUT2D eigenvalue weighted by atomic mass is 16.5. The Labute approximate surface area is 95.6 Å². The minimum absolute atomic E-state index is 0.127. The maximum Gasteiger partial charge on any atom is 0.122 e. The van der Waals surface area contributed by atoms with Crippen molar-refractivity contribution in [3.05, 3.63) is 29.8 Å². The lowest BCUT2D eigenvalue weighted by molar-refractivity contribution is 0.172. The zero-order chi connectivity index (χ0) is 11.0. The Morgan fingerprint density at radius 2 is 2.25 bits per heavy atom. The summed E-state index contributed by atoms with van der Waals surface area (Å²) in [6.07, 6.45) is 0.785. The number of hydrogen-bond acceptors (Lipinski definition) is 3. The van der Waals surface area contributed by atoms with Crippen LogP contribution in [0.2, 0.25) is 0 Å². The third-order valence-electron chi connectivity index (χ3n) is 3.52. The normalized spacial score (nSPS) is 29.1. The minimum atomic E-state index is -0.127. The van der Waals surface area contributed by atoms with Crippen LogP contribution in [0.15, 0.2) is 24.3 Å². The molecule has 1 aromatic rings. The topological polar surface area (TPSA) is 32.7 Å². The van der Waals surface area contributed by atoms with E-state index >= 15 is 0 Å². The largest absolute Gasteiger partial charge is 0.493 e. The van der Waals surface area contributed by atoms with Crippen LogP contribution in [-0.2, 0) is 0 Å². The Kier molecular flexibility index (Phi) is 2.58. The van der Waals surface area contributed by atoms with Crippen LogP contribution in [0.25, 0.3) is 0 Å². The highest BCUT2D eigenvalue weighted by molar-refractivity contribution is 5.39. The summed E-state index contributed by atoms with van der Waals surface area (Å²) in [7, 11) is 0. The first-order valence-electron chi connectivity index (χ1n) is 5.95. The van der Waals surface area contributed by atoms with Crippen molar-refractivity contribution in [2.45, 2.75) is 18.4 Å². The summed E-state index contributed by atoms with van der Waals surface area (Å²) in [6.45, 7) is 3.62. The lowest BCUT2D eigenvalue weighted by atomic mass is 10.0. The maximum absolute atomic E-state index is 9.50. The van der Waals surface area contributed by atoms with Gasteiger partial charge in [0, 0.05) is 31.1 Å². The second-order valence-corrected chi connectivity index (χ2v) is 4.75. The number of nitrogens with zero attached hydrogens (tertiary/aromatic N) is 1. The smallest absolute Gasteiger partial charge is 0.122 e. The summed E-state index contributed by atoms with van der Waals surface area (Å²) in [5, 5.41) is 9.50. The molecule has 0 spiro atoms. The third kappa shape index (κ3) is 1.81. The van der Waals surface area contributed by atoms with Gasteiger partial charge in [-0.1, -0.05) is 18.2 Å². The van der Waals surface area contributed by atoms with E-state index in [1.54, 1.807) is 0 Å². The predicted molar refractivity (Wildman–Crippen MR) is 61.7 cm³/mol. The first-order chi connectivity index (χ1) is 7.83. The Hall–Kier alpha value is -1.06. The van der Waals surface area contributed by atoms with Gasteiger partial charge in [-0.05, 0) is 12.5 Å². The lowest BCUT2D eigenvalue weighted by Gasteiger charge is -2.18. The fourth-order valence-corrected chi connectivity index (χ4v) is 2.67. The van der Waals surface area contributed by atoms with E-state index in [1.165, 1.54) is 5.56 Å². The number of ether oxygens (including phenoxy) is 1. The molecule has 0 bridgehead atoms. The molecule has 2 unspecified atom stereocenters. The van der Waals surface area contributed by atoms with Crippen molar-refractivity contribution < 1.29 is 9.84 Å². The van der Waals surface area contributed by atoms with Gasteiger partial charge in [-0.25, -0.2) is 0 Å². The number of β-amino-alcohol motifs (C(OH)–C–C–N with tert-alkyl or cyclic N) is 1. The molecule has 3 heteroatoms. The molecule has 1 aromatic carbocycles. The first-order valence-corrected chi connectivity index (χ1v) is 5.95. The van der Waals surface area contributed by atoms with E-state index < -0.39 is 0 Å². The van der Waals surface area contributed by atoms with Crippen molar-refractivity contribution in [2.24, 2.45) is 0 Å². The second-order valence-electron chi connectivity index (χ2n) is 4.75. The van der Waals surface area contributed by atoms with E-state index in [-0.39, 0.29) is 6.10 Å². The van der Waals surface area contributed by atoms with Crippen molar-refractivity contribution in [3.8, 4) is 5.75 Å². The summed E-state index contributed by atoms with van der Waals surface area (Å²) in [5.74, 6) is 1.51. The summed E-state index contributed by atoms with van der Waals surface area (Å²) in [6, 6.07) is 8.27. The molecule has 0 aliphatic carbocycles. The van der Waals surface area contributed by atoms with E-state index in [2.05, 4.69) is 17.0 Å². The summed E-state index contributed by atoms with van der Waals surface area (Å²) >= 11 is 0. The highest BCUT2D eigenvalue weighted by Crippen LogP contribution is 2.34. The van der Waals surface area contributed by atoms with Gasteiger partial charge in [0.15, 0.2) is 0 Å². The fraction of sp³-hybridized carbons (Fsp3) is 0.538. The van der Waals surface area contributed by atoms with Crippen LogP contribution in [0.4, 0.5) is 0 Å². The third-order valence-corrected chi connectivity index (χ3v) is 3.52. The van der Waals surface area contributed by atoms with E-state index in [0.29, 0.717) is 5.92 Å². The first kappa shape index (κ1) is 10.1. The number of hydrogen-bond donors (Lipinski definition) is 1. The van der Waals surface area contributed by atoms with Gasteiger partial charge in [0.1, 0.15) is 5.75 Å². The maximum atomic E-state index is 9.50. The number of aliphatic hydroxyl groups excluding tert-OH is 1. The van der Waals surface area contributed by atoms with Gasteiger partial charge in [0.05, 0.1) is 12.7 Å². The van der Waals surface area contributed by atoms with Crippen LogP contribution in [0.3, 0.4) is 0 Å². The zero-order valence-corrected chi connectivity index (χ0v) is 9.30.